The van der Waals surface area contributed by atoms with Crippen LogP contribution in [-0.4, -0.2) is 37.0 Å². The van der Waals surface area contributed by atoms with Crippen molar-refractivity contribution in [3.05, 3.63) is 11.8 Å². The van der Waals surface area contributed by atoms with Crippen molar-refractivity contribution in [3.63, 3.8) is 0 Å². The third-order valence-corrected chi connectivity index (χ3v) is 2.85. The van der Waals surface area contributed by atoms with E-state index in [4.69, 9.17) is 4.74 Å². The summed E-state index contributed by atoms with van der Waals surface area (Å²) in [4.78, 5) is 13.7. The van der Waals surface area contributed by atoms with Crippen LogP contribution in [0.1, 0.15) is 19.8 Å². The van der Waals surface area contributed by atoms with Gasteiger partial charge in [-0.2, -0.15) is 0 Å². The Balaban J connectivity index is 2.04. The summed E-state index contributed by atoms with van der Waals surface area (Å²) in [6, 6.07) is 0. The number of hydrogen-bond donors (Lipinski definition) is 0. The van der Waals surface area contributed by atoms with E-state index in [1.807, 2.05) is 6.08 Å². The van der Waals surface area contributed by atoms with Crippen molar-refractivity contribution >= 4 is 5.78 Å². The molecular formula is C11H17NO2. The molecule has 0 amide bonds. The molecule has 0 radical (unpaired) electrons. The molecule has 2 rings (SSSR count). The lowest BCUT2D eigenvalue weighted by molar-refractivity contribution is -0.116. The average Bonchev–Trinajstić information content (AvgIpc) is 2.18. The summed E-state index contributed by atoms with van der Waals surface area (Å²) in [6.45, 7) is 5.60. The van der Waals surface area contributed by atoms with Crippen LogP contribution in [0.4, 0.5) is 0 Å². The van der Waals surface area contributed by atoms with Crippen molar-refractivity contribution in [1.82, 2.24) is 4.90 Å². The van der Waals surface area contributed by atoms with Crippen molar-refractivity contribution in [1.29, 1.82) is 0 Å². The van der Waals surface area contributed by atoms with Crippen LogP contribution in [0.15, 0.2) is 11.8 Å². The van der Waals surface area contributed by atoms with Crippen LogP contribution < -0.4 is 0 Å². The molecule has 78 valence electrons. The van der Waals surface area contributed by atoms with E-state index in [1.165, 1.54) is 5.70 Å². The largest absolute Gasteiger partial charge is 0.378 e. The van der Waals surface area contributed by atoms with E-state index in [9.17, 15) is 4.79 Å². The number of morpholine rings is 1. The Labute approximate surface area is 84.7 Å². The van der Waals surface area contributed by atoms with Crippen molar-refractivity contribution in [3.8, 4) is 0 Å². The molecule has 3 nitrogen and oxygen atoms in total. The number of ketones is 1. The number of hydrogen-bond acceptors (Lipinski definition) is 3. The van der Waals surface area contributed by atoms with Crippen LogP contribution in [-0.2, 0) is 9.53 Å². The molecule has 3 heteroatoms. The van der Waals surface area contributed by atoms with E-state index in [-0.39, 0.29) is 5.78 Å². The Hall–Kier alpha value is -0.830. The van der Waals surface area contributed by atoms with Gasteiger partial charge >= 0.3 is 0 Å². The van der Waals surface area contributed by atoms with Gasteiger partial charge in [-0.15, -0.1) is 0 Å². The van der Waals surface area contributed by atoms with E-state index in [0.29, 0.717) is 12.3 Å². The van der Waals surface area contributed by atoms with E-state index >= 15 is 0 Å². The van der Waals surface area contributed by atoms with Gasteiger partial charge in [0.25, 0.3) is 0 Å². The van der Waals surface area contributed by atoms with E-state index in [2.05, 4.69) is 11.8 Å². The molecule has 1 aliphatic carbocycles. The second-order valence-electron chi connectivity index (χ2n) is 4.21. The molecule has 0 aromatic carbocycles. The maximum Gasteiger partial charge on any atom is 0.157 e. The van der Waals surface area contributed by atoms with Gasteiger partial charge in [-0.3, -0.25) is 4.79 Å². The minimum Gasteiger partial charge on any atom is -0.378 e. The first kappa shape index (κ1) is 9.71. The summed E-state index contributed by atoms with van der Waals surface area (Å²) in [5, 5.41) is 0. The number of rotatable bonds is 1. The maximum absolute atomic E-state index is 11.4. The van der Waals surface area contributed by atoms with Crippen molar-refractivity contribution in [2.45, 2.75) is 19.8 Å². The third kappa shape index (κ3) is 2.15. The topological polar surface area (TPSA) is 29.5 Å². The smallest absolute Gasteiger partial charge is 0.157 e. The number of carbonyl (C=O) groups is 1. The first-order valence-corrected chi connectivity index (χ1v) is 5.32. The minimum absolute atomic E-state index is 0.283. The zero-order valence-corrected chi connectivity index (χ0v) is 8.66. The normalized spacial score (nSPS) is 28.9. The van der Waals surface area contributed by atoms with Gasteiger partial charge in [0, 0.05) is 31.3 Å². The lowest BCUT2D eigenvalue weighted by Crippen LogP contribution is -2.37. The lowest BCUT2D eigenvalue weighted by atomic mass is 9.92. The van der Waals surface area contributed by atoms with Gasteiger partial charge in [-0.25, -0.2) is 0 Å². The van der Waals surface area contributed by atoms with Crippen LogP contribution in [0.5, 0.6) is 0 Å². The molecule has 0 N–H and O–H groups in total. The van der Waals surface area contributed by atoms with E-state index < -0.39 is 0 Å². The third-order valence-electron chi connectivity index (χ3n) is 2.85. The molecule has 0 aromatic rings. The molecule has 1 atom stereocenters. The van der Waals surface area contributed by atoms with Gasteiger partial charge in [0.15, 0.2) is 5.78 Å². The fourth-order valence-corrected chi connectivity index (χ4v) is 2.15. The number of nitrogens with zero attached hydrogens (tertiary/aromatic N) is 1. The highest BCUT2D eigenvalue weighted by Gasteiger charge is 2.21. The molecule has 1 heterocycles. The predicted molar refractivity (Wildman–Crippen MR) is 53.9 cm³/mol. The standard InChI is InChI=1S/C11H17NO2/c1-9-6-10(8-11(13)7-9)12-2-4-14-5-3-12/h8-9H,2-7H2,1H3. The second kappa shape index (κ2) is 4.13. The molecule has 1 unspecified atom stereocenters. The molecule has 0 aromatic heterocycles. The maximum atomic E-state index is 11.4. The van der Waals surface area contributed by atoms with Gasteiger partial charge < -0.3 is 9.64 Å². The first-order valence-electron chi connectivity index (χ1n) is 5.32. The Bertz CT molecular complexity index is 254. The molecular weight excluding hydrogens is 178 g/mol. The van der Waals surface area contributed by atoms with Gasteiger partial charge in [-0.05, 0) is 12.3 Å². The molecule has 2 aliphatic rings. The van der Waals surface area contributed by atoms with Crippen molar-refractivity contribution in [2.24, 2.45) is 5.92 Å². The molecule has 1 fully saturated rings. The summed E-state index contributed by atoms with van der Waals surface area (Å²) >= 11 is 0. The minimum atomic E-state index is 0.283. The quantitative estimate of drug-likeness (QED) is 0.629. The summed E-state index contributed by atoms with van der Waals surface area (Å²) in [7, 11) is 0. The van der Waals surface area contributed by atoms with Gasteiger partial charge in [0.2, 0.25) is 0 Å². The van der Waals surface area contributed by atoms with Gasteiger partial charge in [0.1, 0.15) is 0 Å². The Morgan fingerprint density at radius 2 is 2.07 bits per heavy atom. The Kier molecular flexibility index (Phi) is 2.87. The fourth-order valence-electron chi connectivity index (χ4n) is 2.15. The number of carbonyl (C=O) groups excluding carboxylic acids is 1. The Morgan fingerprint density at radius 3 is 2.71 bits per heavy atom. The predicted octanol–water partition coefficient (Wildman–Crippen LogP) is 1.20. The summed E-state index contributed by atoms with van der Waals surface area (Å²) in [5.74, 6) is 0.788. The average molecular weight is 195 g/mol. The zero-order chi connectivity index (χ0) is 9.97. The summed E-state index contributed by atoms with van der Waals surface area (Å²) in [6.07, 6.45) is 3.59. The van der Waals surface area contributed by atoms with E-state index in [1.54, 1.807) is 0 Å². The highest BCUT2D eigenvalue weighted by atomic mass is 16.5. The summed E-state index contributed by atoms with van der Waals surface area (Å²) < 4.78 is 5.29. The highest BCUT2D eigenvalue weighted by Crippen LogP contribution is 2.24. The monoisotopic (exact) mass is 195 g/mol. The molecule has 0 bridgehead atoms. The van der Waals surface area contributed by atoms with Crippen LogP contribution in [0.2, 0.25) is 0 Å². The van der Waals surface area contributed by atoms with Crippen LogP contribution in [0.25, 0.3) is 0 Å². The molecule has 1 aliphatic heterocycles. The Morgan fingerprint density at radius 1 is 1.36 bits per heavy atom. The fraction of sp³-hybridized carbons (Fsp3) is 0.727. The second-order valence-corrected chi connectivity index (χ2v) is 4.21. The molecule has 0 spiro atoms. The molecule has 1 saturated heterocycles. The SMILES string of the molecule is CC1CC(=O)C=C(N2CCOCC2)C1. The van der Waals surface area contributed by atoms with Crippen LogP contribution in [0, 0.1) is 5.92 Å². The summed E-state index contributed by atoms with van der Waals surface area (Å²) in [5.41, 5.74) is 1.22. The zero-order valence-electron chi connectivity index (χ0n) is 8.66. The van der Waals surface area contributed by atoms with Crippen LogP contribution >= 0.6 is 0 Å². The van der Waals surface area contributed by atoms with Gasteiger partial charge in [-0.1, -0.05) is 6.92 Å². The van der Waals surface area contributed by atoms with Crippen molar-refractivity contribution in [2.75, 3.05) is 26.3 Å². The van der Waals surface area contributed by atoms with E-state index in [0.717, 1.165) is 32.7 Å². The molecule has 14 heavy (non-hydrogen) atoms. The first-order chi connectivity index (χ1) is 6.75. The highest BCUT2D eigenvalue weighted by molar-refractivity contribution is 5.91. The van der Waals surface area contributed by atoms with Crippen LogP contribution in [0.3, 0.4) is 0 Å². The lowest BCUT2D eigenvalue weighted by Gasteiger charge is -2.33. The number of ether oxygens (including phenoxy) is 1. The van der Waals surface area contributed by atoms with Crippen molar-refractivity contribution < 1.29 is 9.53 Å². The molecule has 0 saturated carbocycles. The number of allylic oxidation sites excluding steroid dienone is 2. The van der Waals surface area contributed by atoms with Gasteiger partial charge in [0.05, 0.1) is 13.2 Å².